The molecule has 0 bridgehead atoms. The third kappa shape index (κ3) is 3.13. The topological polar surface area (TPSA) is 35.6 Å². The number of benzene rings is 2. The summed E-state index contributed by atoms with van der Waals surface area (Å²) in [6.45, 7) is 6.92. The van der Waals surface area contributed by atoms with Crippen LogP contribution in [0.5, 0.6) is 0 Å². The molecule has 2 aromatic rings. The lowest BCUT2D eigenvalue weighted by Gasteiger charge is -2.32. The number of hydrazine groups is 1. The number of carbonyl (C=O) groups is 1. The Bertz CT molecular complexity index is 856. The molecule has 0 radical (unpaired) electrons. The summed E-state index contributed by atoms with van der Waals surface area (Å²) < 4.78 is 0. The van der Waals surface area contributed by atoms with Gasteiger partial charge >= 0.3 is 0 Å². The van der Waals surface area contributed by atoms with Crippen LogP contribution in [-0.2, 0) is 11.3 Å². The van der Waals surface area contributed by atoms with Gasteiger partial charge in [0.05, 0.1) is 12.6 Å². The van der Waals surface area contributed by atoms with Gasteiger partial charge in [-0.1, -0.05) is 53.6 Å². The third-order valence-electron chi connectivity index (χ3n) is 5.39. The van der Waals surface area contributed by atoms with E-state index < -0.39 is 0 Å². The fraction of sp³-hybridized carbons (Fsp3) is 0.318. The highest BCUT2D eigenvalue weighted by atomic mass is 16.2. The minimum atomic E-state index is -0.142. The van der Waals surface area contributed by atoms with Crippen LogP contribution in [0.15, 0.2) is 54.9 Å². The highest BCUT2D eigenvalue weighted by Crippen LogP contribution is 2.31. The van der Waals surface area contributed by atoms with Crippen molar-refractivity contribution in [3.63, 3.8) is 0 Å². The number of nitrogens with one attached hydrogen (secondary N) is 1. The van der Waals surface area contributed by atoms with Gasteiger partial charge in [-0.2, -0.15) is 0 Å². The molecule has 134 valence electrons. The maximum absolute atomic E-state index is 13.0. The van der Waals surface area contributed by atoms with Crippen LogP contribution in [0.1, 0.15) is 40.3 Å². The van der Waals surface area contributed by atoms with Crippen LogP contribution in [-0.4, -0.2) is 21.9 Å². The average Bonchev–Trinajstić information content (AvgIpc) is 3.05. The van der Waals surface area contributed by atoms with E-state index in [-0.39, 0.29) is 18.0 Å². The van der Waals surface area contributed by atoms with E-state index in [1.165, 1.54) is 27.8 Å². The lowest BCUT2D eigenvalue weighted by atomic mass is 9.99. The largest absolute Gasteiger partial charge is 0.311 e. The van der Waals surface area contributed by atoms with Crippen LogP contribution in [0.3, 0.4) is 0 Å². The Hall–Kier alpha value is -2.59. The van der Waals surface area contributed by atoms with Crippen molar-refractivity contribution in [2.75, 3.05) is 0 Å². The number of amides is 1. The first-order chi connectivity index (χ1) is 12.5. The Morgan fingerprint density at radius 1 is 1.00 bits per heavy atom. The molecule has 1 amide bonds. The molecule has 2 aliphatic rings. The monoisotopic (exact) mass is 347 g/mol. The zero-order chi connectivity index (χ0) is 18.3. The zero-order valence-corrected chi connectivity index (χ0v) is 15.6. The normalized spacial score (nSPS) is 22.0. The first-order valence-corrected chi connectivity index (χ1v) is 9.17. The summed E-state index contributed by atoms with van der Waals surface area (Å²) in [4.78, 5) is 14.9. The first kappa shape index (κ1) is 16.9. The van der Waals surface area contributed by atoms with Crippen molar-refractivity contribution in [2.24, 2.45) is 0 Å². The van der Waals surface area contributed by atoms with Gasteiger partial charge in [-0.05, 0) is 43.9 Å². The average molecular weight is 347 g/mol. The van der Waals surface area contributed by atoms with Gasteiger partial charge in [0, 0.05) is 12.4 Å². The molecule has 1 saturated heterocycles. The smallest absolute Gasteiger partial charge is 0.251 e. The fourth-order valence-electron chi connectivity index (χ4n) is 3.79. The van der Waals surface area contributed by atoms with Gasteiger partial charge in [-0.3, -0.25) is 4.79 Å². The second kappa shape index (κ2) is 6.61. The first-order valence-electron chi connectivity index (χ1n) is 9.17. The quantitative estimate of drug-likeness (QED) is 0.919. The summed E-state index contributed by atoms with van der Waals surface area (Å²) in [7, 11) is 0. The van der Waals surface area contributed by atoms with Crippen LogP contribution < -0.4 is 5.43 Å². The van der Waals surface area contributed by atoms with Crippen molar-refractivity contribution in [1.29, 1.82) is 0 Å². The van der Waals surface area contributed by atoms with Gasteiger partial charge < -0.3 is 9.91 Å². The number of hydrogen-bond acceptors (Lipinski definition) is 3. The summed E-state index contributed by atoms with van der Waals surface area (Å²) in [6.07, 6.45) is 4.67. The number of carbonyl (C=O) groups excluding carboxylic acids is 1. The Morgan fingerprint density at radius 2 is 1.73 bits per heavy atom. The molecule has 1 fully saturated rings. The standard InChI is InChI=1S/C22H25N3O/c1-15-4-7-18(8-5-15)20-13-21-22(26)24(10-11-25(21)23-20)14-19-9-6-16(2)12-17(19)3/h4-12,20-21,23H,13-14H2,1-3H3. The maximum atomic E-state index is 13.0. The fourth-order valence-corrected chi connectivity index (χ4v) is 3.79. The molecule has 4 rings (SSSR count). The molecule has 2 unspecified atom stereocenters. The van der Waals surface area contributed by atoms with Crippen molar-refractivity contribution in [3.05, 3.63) is 82.7 Å². The predicted octanol–water partition coefficient (Wildman–Crippen LogP) is 3.75. The molecule has 1 N–H and O–H groups in total. The molecule has 2 heterocycles. The van der Waals surface area contributed by atoms with Gasteiger partial charge in [0.15, 0.2) is 0 Å². The highest BCUT2D eigenvalue weighted by molar-refractivity contribution is 5.84. The van der Waals surface area contributed by atoms with Crippen molar-refractivity contribution < 1.29 is 4.79 Å². The SMILES string of the molecule is Cc1ccc(C2CC3C(=O)N(Cc4ccc(C)cc4C)C=CN3N2)cc1. The van der Waals surface area contributed by atoms with Gasteiger partial charge in [0.2, 0.25) is 0 Å². The van der Waals surface area contributed by atoms with E-state index in [9.17, 15) is 4.79 Å². The third-order valence-corrected chi connectivity index (χ3v) is 5.39. The molecule has 2 atom stereocenters. The van der Waals surface area contributed by atoms with Crippen molar-refractivity contribution in [3.8, 4) is 0 Å². The van der Waals surface area contributed by atoms with Crippen molar-refractivity contribution in [2.45, 2.75) is 45.8 Å². The van der Waals surface area contributed by atoms with E-state index in [0.29, 0.717) is 6.54 Å². The van der Waals surface area contributed by atoms with E-state index in [2.05, 4.69) is 68.7 Å². The Labute approximate surface area is 155 Å². The van der Waals surface area contributed by atoms with Gasteiger partial charge in [-0.15, -0.1) is 0 Å². The van der Waals surface area contributed by atoms with E-state index in [4.69, 9.17) is 0 Å². The molecular formula is C22H25N3O. The van der Waals surface area contributed by atoms with E-state index in [1.54, 1.807) is 0 Å². The molecule has 0 aliphatic carbocycles. The van der Waals surface area contributed by atoms with Gasteiger partial charge in [-0.25, -0.2) is 5.43 Å². The van der Waals surface area contributed by atoms with Gasteiger partial charge in [0.25, 0.3) is 5.91 Å². The molecule has 0 aromatic heterocycles. The van der Waals surface area contributed by atoms with Crippen LogP contribution >= 0.6 is 0 Å². The second-order valence-corrected chi connectivity index (χ2v) is 7.45. The molecule has 4 heteroatoms. The predicted molar refractivity (Wildman–Crippen MR) is 103 cm³/mol. The minimum Gasteiger partial charge on any atom is -0.311 e. The molecule has 0 spiro atoms. The number of rotatable bonds is 3. The van der Waals surface area contributed by atoms with Crippen LogP contribution in [0.4, 0.5) is 0 Å². The molecular weight excluding hydrogens is 322 g/mol. The summed E-state index contributed by atoms with van der Waals surface area (Å²) in [6, 6.07) is 15.0. The lowest BCUT2D eigenvalue weighted by molar-refractivity contribution is -0.134. The second-order valence-electron chi connectivity index (χ2n) is 7.45. The maximum Gasteiger partial charge on any atom is 0.251 e. The summed E-state index contributed by atoms with van der Waals surface area (Å²) in [5.41, 5.74) is 9.62. The molecule has 4 nitrogen and oxygen atoms in total. The van der Waals surface area contributed by atoms with Crippen LogP contribution in [0, 0.1) is 20.8 Å². The minimum absolute atomic E-state index is 0.142. The Morgan fingerprint density at radius 3 is 2.46 bits per heavy atom. The Balaban J connectivity index is 1.49. The van der Waals surface area contributed by atoms with Crippen molar-refractivity contribution in [1.82, 2.24) is 15.3 Å². The number of fused-ring (bicyclic) bond motifs is 1. The lowest BCUT2D eigenvalue weighted by Crippen LogP contribution is -2.47. The summed E-state index contributed by atoms with van der Waals surface area (Å²) in [5.74, 6) is 0.162. The van der Waals surface area contributed by atoms with Crippen LogP contribution in [0.2, 0.25) is 0 Å². The van der Waals surface area contributed by atoms with Crippen molar-refractivity contribution >= 4 is 5.91 Å². The van der Waals surface area contributed by atoms with E-state index in [0.717, 1.165) is 6.42 Å². The molecule has 2 aromatic carbocycles. The number of hydrogen-bond donors (Lipinski definition) is 1. The van der Waals surface area contributed by atoms with E-state index >= 15 is 0 Å². The molecule has 26 heavy (non-hydrogen) atoms. The number of aryl methyl sites for hydroxylation is 3. The van der Waals surface area contributed by atoms with E-state index in [1.807, 2.05) is 22.3 Å². The molecule has 0 saturated carbocycles. The Kier molecular flexibility index (Phi) is 4.29. The zero-order valence-electron chi connectivity index (χ0n) is 15.6. The molecule has 2 aliphatic heterocycles. The number of nitrogens with zero attached hydrogens (tertiary/aromatic N) is 2. The van der Waals surface area contributed by atoms with Gasteiger partial charge in [0.1, 0.15) is 6.04 Å². The summed E-state index contributed by atoms with van der Waals surface area (Å²) >= 11 is 0. The highest BCUT2D eigenvalue weighted by Gasteiger charge is 2.39. The summed E-state index contributed by atoms with van der Waals surface area (Å²) in [5, 5.41) is 1.96. The van der Waals surface area contributed by atoms with Crippen LogP contribution in [0.25, 0.3) is 0 Å².